The van der Waals surface area contributed by atoms with Crippen LogP contribution in [0.5, 0.6) is 5.75 Å². The maximum absolute atomic E-state index is 10.6. The van der Waals surface area contributed by atoms with E-state index in [1.165, 1.54) is 0 Å². The number of phenolic OH excluding ortho intramolecular Hbond substituents is 1. The van der Waals surface area contributed by atoms with Gasteiger partial charge in [-0.1, -0.05) is 0 Å². The molecule has 0 aliphatic rings. The van der Waals surface area contributed by atoms with Crippen molar-refractivity contribution in [3.8, 4) is 5.75 Å². The Labute approximate surface area is 99.3 Å². The molecule has 7 nitrogen and oxygen atoms in total. The molecule has 0 amide bonds. The molecule has 0 aliphatic carbocycles. The summed E-state index contributed by atoms with van der Waals surface area (Å²) in [6.07, 6.45) is 0. The summed E-state index contributed by atoms with van der Waals surface area (Å²) < 4.78 is -0.410. The average Bonchev–Trinajstić information content (AvgIpc) is 1.99. The van der Waals surface area contributed by atoms with Crippen LogP contribution in [-0.2, 0) is 0 Å². The van der Waals surface area contributed by atoms with Crippen molar-refractivity contribution in [2.24, 2.45) is 0 Å². The standard InChI is InChI=1S/C6H2Br2N2O5/c7-2-1-3(11)6(10(14)15)4(8)5(2)9(12)13/h1,11H. The quantitative estimate of drug-likeness (QED) is 0.657. The monoisotopic (exact) mass is 340 g/mol. The van der Waals surface area contributed by atoms with E-state index in [2.05, 4.69) is 31.9 Å². The fourth-order valence-corrected chi connectivity index (χ4v) is 2.46. The van der Waals surface area contributed by atoms with Crippen molar-refractivity contribution in [2.75, 3.05) is 0 Å². The van der Waals surface area contributed by atoms with Crippen molar-refractivity contribution in [1.82, 2.24) is 0 Å². The van der Waals surface area contributed by atoms with Crippen LogP contribution < -0.4 is 0 Å². The number of hydrogen-bond acceptors (Lipinski definition) is 5. The predicted molar refractivity (Wildman–Crippen MR) is 56.8 cm³/mol. The molecule has 1 aromatic rings. The van der Waals surface area contributed by atoms with Crippen LogP contribution in [0, 0.1) is 20.2 Å². The van der Waals surface area contributed by atoms with E-state index >= 15 is 0 Å². The van der Waals surface area contributed by atoms with Crippen molar-refractivity contribution in [1.29, 1.82) is 0 Å². The number of nitrogens with zero attached hydrogens (tertiary/aromatic N) is 2. The zero-order valence-corrected chi connectivity index (χ0v) is 9.98. The first-order chi connectivity index (χ1) is 6.86. The van der Waals surface area contributed by atoms with Gasteiger partial charge in [0.1, 0.15) is 4.47 Å². The van der Waals surface area contributed by atoms with Gasteiger partial charge in [0.25, 0.3) is 0 Å². The van der Waals surface area contributed by atoms with Gasteiger partial charge >= 0.3 is 11.4 Å². The Morgan fingerprint density at radius 3 is 2.00 bits per heavy atom. The van der Waals surface area contributed by atoms with Gasteiger partial charge in [-0.3, -0.25) is 20.2 Å². The molecule has 1 rings (SSSR count). The highest BCUT2D eigenvalue weighted by molar-refractivity contribution is 9.11. The normalized spacial score (nSPS) is 10.0. The second kappa shape index (κ2) is 4.11. The molecule has 0 saturated heterocycles. The zero-order chi connectivity index (χ0) is 11.7. The van der Waals surface area contributed by atoms with Crippen LogP contribution in [0.4, 0.5) is 11.4 Å². The molecule has 0 radical (unpaired) electrons. The molecule has 0 fully saturated rings. The van der Waals surface area contributed by atoms with Crippen LogP contribution in [0.15, 0.2) is 15.0 Å². The molecule has 0 unspecified atom stereocenters. The van der Waals surface area contributed by atoms with Gasteiger partial charge in [0, 0.05) is 6.07 Å². The molecule has 0 heterocycles. The molecule has 0 spiro atoms. The van der Waals surface area contributed by atoms with Crippen molar-refractivity contribution >= 4 is 43.2 Å². The molecule has 1 N–H and O–H groups in total. The first-order valence-corrected chi connectivity index (χ1v) is 4.94. The summed E-state index contributed by atoms with van der Waals surface area (Å²) in [4.78, 5) is 19.4. The Kier molecular flexibility index (Phi) is 3.25. The molecule has 0 saturated carbocycles. The van der Waals surface area contributed by atoms with Gasteiger partial charge in [-0.05, 0) is 31.9 Å². The Balaban J connectivity index is 3.64. The van der Waals surface area contributed by atoms with Gasteiger partial charge in [-0.15, -0.1) is 0 Å². The van der Waals surface area contributed by atoms with Gasteiger partial charge in [-0.2, -0.15) is 0 Å². The summed E-state index contributed by atoms with van der Waals surface area (Å²) in [7, 11) is 0. The molecule has 0 bridgehead atoms. The summed E-state index contributed by atoms with van der Waals surface area (Å²) in [6, 6.07) is 0.904. The minimum Gasteiger partial charge on any atom is -0.502 e. The number of nitro benzene ring substituents is 2. The molecule has 15 heavy (non-hydrogen) atoms. The Bertz CT molecular complexity index is 423. The summed E-state index contributed by atoms with van der Waals surface area (Å²) in [5.41, 5.74) is -1.23. The van der Waals surface area contributed by atoms with E-state index in [-0.39, 0.29) is 8.95 Å². The van der Waals surface area contributed by atoms with Crippen molar-refractivity contribution in [2.45, 2.75) is 0 Å². The Hall–Kier alpha value is -1.22. The van der Waals surface area contributed by atoms with Crippen LogP contribution >= 0.6 is 31.9 Å². The summed E-state index contributed by atoms with van der Waals surface area (Å²) >= 11 is 5.54. The molecule has 80 valence electrons. The van der Waals surface area contributed by atoms with E-state index in [9.17, 15) is 25.3 Å². The lowest BCUT2D eigenvalue weighted by Gasteiger charge is -2.01. The van der Waals surface area contributed by atoms with Gasteiger partial charge in [0.05, 0.1) is 9.85 Å². The van der Waals surface area contributed by atoms with Crippen molar-refractivity contribution in [3.05, 3.63) is 35.2 Å². The van der Waals surface area contributed by atoms with Crippen LogP contribution in [-0.4, -0.2) is 15.0 Å². The SMILES string of the molecule is O=[N+]([O-])c1c(O)cc(Br)c([N+](=O)[O-])c1Br. The third-order valence-electron chi connectivity index (χ3n) is 1.51. The lowest BCUT2D eigenvalue weighted by atomic mass is 10.2. The highest BCUT2D eigenvalue weighted by atomic mass is 79.9. The fourth-order valence-electron chi connectivity index (χ4n) is 0.927. The molecular weight excluding hydrogens is 340 g/mol. The minimum absolute atomic E-state index is 0.0394. The molecule has 0 aliphatic heterocycles. The smallest absolute Gasteiger partial charge is 0.331 e. The molecule has 0 aromatic heterocycles. The maximum atomic E-state index is 10.6. The fraction of sp³-hybridized carbons (Fsp3) is 0. The lowest BCUT2D eigenvalue weighted by molar-refractivity contribution is -0.396. The number of halogens is 2. The second-order valence-corrected chi connectivity index (χ2v) is 4.05. The number of hydrogen-bond donors (Lipinski definition) is 1. The third kappa shape index (κ3) is 2.07. The molecule has 9 heteroatoms. The van der Waals surface area contributed by atoms with E-state index in [0.717, 1.165) is 6.07 Å². The van der Waals surface area contributed by atoms with Gasteiger partial charge in [-0.25, -0.2) is 0 Å². The van der Waals surface area contributed by atoms with Crippen LogP contribution in [0.25, 0.3) is 0 Å². The topological polar surface area (TPSA) is 107 Å². The predicted octanol–water partition coefficient (Wildman–Crippen LogP) is 2.73. The average molecular weight is 342 g/mol. The Morgan fingerprint density at radius 1 is 1.13 bits per heavy atom. The second-order valence-electron chi connectivity index (χ2n) is 2.40. The van der Waals surface area contributed by atoms with Gasteiger partial charge in [0.15, 0.2) is 10.2 Å². The highest BCUT2D eigenvalue weighted by Gasteiger charge is 2.30. The Morgan fingerprint density at radius 2 is 1.60 bits per heavy atom. The summed E-state index contributed by atoms with van der Waals surface area (Å²) in [5, 5.41) is 30.3. The summed E-state index contributed by atoms with van der Waals surface area (Å²) in [5.74, 6) is -0.649. The molecular formula is C6H2Br2N2O5. The van der Waals surface area contributed by atoms with E-state index < -0.39 is 27.0 Å². The van der Waals surface area contributed by atoms with Gasteiger partial charge in [0.2, 0.25) is 0 Å². The first-order valence-electron chi connectivity index (χ1n) is 3.36. The van der Waals surface area contributed by atoms with Crippen LogP contribution in [0.2, 0.25) is 0 Å². The number of nitro groups is 2. The third-order valence-corrected chi connectivity index (χ3v) is 2.87. The van der Waals surface area contributed by atoms with E-state index in [1.807, 2.05) is 0 Å². The molecule has 1 aromatic carbocycles. The van der Waals surface area contributed by atoms with Gasteiger partial charge < -0.3 is 5.11 Å². The molecule has 0 atom stereocenters. The van der Waals surface area contributed by atoms with Crippen molar-refractivity contribution in [3.63, 3.8) is 0 Å². The summed E-state index contributed by atoms with van der Waals surface area (Å²) in [6.45, 7) is 0. The largest absolute Gasteiger partial charge is 0.502 e. The van der Waals surface area contributed by atoms with E-state index in [4.69, 9.17) is 0 Å². The first kappa shape index (κ1) is 11.9. The number of rotatable bonds is 2. The van der Waals surface area contributed by atoms with Crippen molar-refractivity contribution < 1.29 is 15.0 Å². The van der Waals surface area contributed by atoms with Crippen LogP contribution in [0.3, 0.4) is 0 Å². The zero-order valence-electron chi connectivity index (χ0n) is 6.81. The van der Waals surface area contributed by atoms with E-state index in [1.54, 1.807) is 0 Å². The van der Waals surface area contributed by atoms with E-state index in [0.29, 0.717) is 0 Å². The van der Waals surface area contributed by atoms with Crippen LogP contribution in [0.1, 0.15) is 0 Å². The number of aromatic hydroxyl groups is 1. The number of benzene rings is 1. The highest BCUT2D eigenvalue weighted by Crippen LogP contribution is 2.44. The minimum atomic E-state index is -0.904. The lowest BCUT2D eigenvalue weighted by Crippen LogP contribution is -1.96. The number of phenols is 1. The maximum Gasteiger partial charge on any atom is 0.331 e.